The predicted molar refractivity (Wildman–Crippen MR) is 75.9 cm³/mol. The van der Waals surface area contributed by atoms with Gasteiger partial charge in [0.1, 0.15) is 5.75 Å². The molecule has 0 atom stereocenters. The smallest absolute Gasteiger partial charge is 0.255 e. The minimum absolute atomic E-state index is 0.0999. The van der Waals surface area contributed by atoms with Gasteiger partial charge in [0.05, 0.1) is 5.69 Å². The molecule has 20 heavy (non-hydrogen) atoms. The molecule has 0 aliphatic carbocycles. The number of hydrogen-bond donors (Lipinski definition) is 2. The number of hydrogen-bond acceptors (Lipinski definition) is 4. The normalized spacial score (nSPS) is 10.2. The van der Waals surface area contributed by atoms with Gasteiger partial charge >= 0.3 is 0 Å². The molecule has 0 spiro atoms. The largest absolute Gasteiger partial charge is 0.484 e. The second-order valence-electron chi connectivity index (χ2n) is 4.32. The summed E-state index contributed by atoms with van der Waals surface area (Å²) in [6.45, 7) is 1.37. The highest BCUT2D eigenvalue weighted by Crippen LogP contribution is 2.11. The minimum atomic E-state index is -0.480. The Morgan fingerprint density at radius 2 is 1.95 bits per heavy atom. The summed E-state index contributed by atoms with van der Waals surface area (Å²) in [6.07, 6.45) is 1.78. The van der Waals surface area contributed by atoms with Gasteiger partial charge in [-0.15, -0.1) is 0 Å². The van der Waals surface area contributed by atoms with E-state index in [0.29, 0.717) is 5.75 Å². The Balaban J connectivity index is 1.77. The van der Waals surface area contributed by atoms with Crippen molar-refractivity contribution in [3.63, 3.8) is 0 Å². The number of aromatic nitrogens is 1. The van der Waals surface area contributed by atoms with Crippen LogP contribution in [0.1, 0.15) is 11.3 Å². The van der Waals surface area contributed by atoms with E-state index in [-0.39, 0.29) is 6.61 Å². The molecule has 0 fully saturated rings. The third-order valence-electron chi connectivity index (χ3n) is 2.67. The molecule has 0 saturated carbocycles. The van der Waals surface area contributed by atoms with E-state index in [1.54, 1.807) is 6.20 Å². The molecular weight excluding hydrogens is 254 g/mol. The van der Waals surface area contributed by atoms with Gasteiger partial charge in [-0.2, -0.15) is 0 Å². The highest BCUT2D eigenvalue weighted by atomic mass is 16.5. The first-order chi connectivity index (χ1) is 9.74. The van der Waals surface area contributed by atoms with Gasteiger partial charge in [-0.25, -0.2) is 0 Å². The van der Waals surface area contributed by atoms with Crippen molar-refractivity contribution in [2.75, 3.05) is 6.61 Å². The molecule has 1 amide bonds. The van der Waals surface area contributed by atoms with Gasteiger partial charge < -0.3 is 15.8 Å². The maximum Gasteiger partial charge on any atom is 0.255 e. The summed E-state index contributed by atoms with van der Waals surface area (Å²) in [4.78, 5) is 14.8. The standard InChI is InChI=1S/C15H17N3O2/c16-15(19)11-20-14-6-4-12(5-7-14)9-17-10-13-3-1-2-8-18-13/h1-8,17H,9-11H2,(H2,16,19). The van der Waals surface area contributed by atoms with E-state index in [2.05, 4.69) is 10.3 Å². The Labute approximate surface area is 117 Å². The van der Waals surface area contributed by atoms with E-state index < -0.39 is 5.91 Å². The number of benzene rings is 1. The van der Waals surface area contributed by atoms with E-state index in [9.17, 15) is 4.79 Å². The zero-order valence-corrected chi connectivity index (χ0v) is 11.1. The number of primary amides is 1. The number of rotatable bonds is 7. The Morgan fingerprint density at radius 3 is 2.60 bits per heavy atom. The second-order valence-corrected chi connectivity index (χ2v) is 4.32. The van der Waals surface area contributed by atoms with E-state index in [1.807, 2.05) is 42.5 Å². The van der Waals surface area contributed by atoms with Gasteiger partial charge in [-0.1, -0.05) is 18.2 Å². The summed E-state index contributed by atoms with van der Waals surface area (Å²) in [5.74, 6) is 0.156. The molecule has 5 heteroatoms. The average Bonchev–Trinajstić information content (AvgIpc) is 2.47. The van der Waals surface area contributed by atoms with Crippen molar-refractivity contribution < 1.29 is 9.53 Å². The fourth-order valence-corrected chi connectivity index (χ4v) is 1.70. The van der Waals surface area contributed by atoms with E-state index in [4.69, 9.17) is 10.5 Å². The molecule has 1 heterocycles. The lowest BCUT2D eigenvalue weighted by atomic mass is 10.2. The van der Waals surface area contributed by atoms with Gasteiger partial charge in [0.2, 0.25) is 0 Å². The lowest BCUT2D eigenvalue weighted by Crippen LogP contribution is -2.20. The number of pyridine rings is 1. The second kappa shape index (κ2) is 7.25. The first kappa shape index (κ1) is 14.0. The van der Waals surface area contributed by atoms with Crippen LogP contribution in [-0.4, -0.2) is 17.5 Å². The molecule has 0 radical (unpaired) electrons. The van der Waals surface area contributed by atoms with Gasteiger partial charge in [-0.05, 0) is 29.8 Å². The minimum Gasteiger partial charge on any atom is -0.484 e. The SMILES string of the molecule is NC(=O)COc1ccc(CNCc2ccccn2)cc1. The molecule has 2 aromatic rings. The van der Waals surface area contributed by atoms with Crippen LogP contribution >= 0.6 is 0 Å². The highest BCUT2D eigenvalue weighted by Gasteiger charge is 1.99. The van der Waals surface area contributed by atoms with Crippen molar-refractivity contribution in [2.24, 2.45) is 5.73 Å². The zero-order valence-electron chi connectivity index (χ0n) is 11.1. The molecule has 104 valence electrons. The highest BCUT2D eigenvalue weighted by molar-refractivity contribution is 5.75. The number of nitrogens with two attached hydrogens (primary N) is 1. The Morgan fingerprint density at radius 1 is 1.15 bits per heavy atom. The Hall–Kier alpha value is -2.40. The number of nitrogens with zero attached hydrogens (tertiary/aromatic N) is 1. The molecule has 0 saturated heterocycles. The number of carbonyl (C=O) groups is 1. The van der Waals surface area contributed by atoms with E-state index in [1.165, 1.54) is 0 Å². The van der Waals surface area contributed by atoms with Crippen LogP contribution < -0.4 is 15.8 Å². The molecular formula is C15H17N3O2. The summed E-state index contributed by atoms with van der Waals surface area (Å²) in [5, 5.41) is 3.31. The summed E-state index contributed by atoms with van der Waals surface area (Å²) in [5.41, 5.74) is 7.15. The molecule has 3 N–H and O–H groups in total. The van der Waals surface area contributed by atoms with Crippen molar-refractivity contribution in [3.8, 4) is 5.75 Å². The maximum atomic E-state index is 10.6. The van der Waals surface area contributed by atoms with Crippen LogP contribution in [0.3, 0.4) is 0 Å². The third-order valence-corrected chi connectivity index (χ3v) is 2.67. The molecule has 1 aromatic heterocycles. The Kier molecular flexibility index (Phi) is 5.08. The monoisotopic (exact) mass is 271 g/mol. The van der Waals surface area contributed by atoms with Crippen molar-refractivity contribution in [3.05, 3.63) is 59.9 Å². The van der Waals surface area contributed by atoms with Gasteiger partial charge in [0.15, 0.2) is 6.61 Å². The topological polar surface area (TPSA) is 77.2 Å². The molecule has 0 bridgehead atoms. The number of nitrogens with one attached hydrogen (secondary N) is 1. The predicted octanol–water partition coefficient (Wildman–Crippen LogP) is 1.24. The first-order valence-electron chi connectivity index (χ1n) is 6.35. The fraction of sp³-hybridized carbons (Fsp3) is 0.200. The maximum absolute atomic E-state index is 10.6. The molecule has 5 nitrogen and oxygen atoms in total. The van der Waals surface area contributed by atoms with Crippen LogP contribution in [-0.2, 0) is 17.9 Å². The van der Waals surface area contributed by atoms with Gasteiger partial charge in [0, 0.05) is 19.3 Å². The first-order valence-corrected chi connectivity index (χ1v) is 6.35. The van der Waals surface area contributed by atoms with Crippen molar-refractivity contribution in [2.45, 2.75) is 13.1 Å². The van der Waals surface area contributed by atoms with Crippen LogP contribution in [0.5, 0.6) is 5.75 Å². The van der Waals surface area contributed by atoms with Crippen molar-refractivity contribution in [1.29, 1.82) is 0 Å². The molecule has 1 aromatic carbocycles. The average molecular weight is 271 g/mol. The Bertz CT molecular complexity index is 541. The third kappa shape index (κ3) is 4.70. The van der Waals surface area contributed by atoms with Crippen LogP contribution in [0.15, 0.2) is 48.7 Å². The fourth-order valence-electron chi connectivity index (χ4n) is 1.70. The summed E-state index contributed by atoms with van der Waals surface area (Å²) < 4.78 is 5.19. The van der Waals surface area contributed by atoms with Gasteiger partial charge in [-0.3, -0.25) is 9.78 Å². The summed E-state index contributed by atoms with van der Waals surface area (Å²) in [6, 6.07) is 13.4. The van der Waals surface area contributed by atoms with Gasteiger partial charge in [0.25, 0.3) is 5.91 Å². The lowest BCUT2D eigenvalue weighted by molar-refractivity contribution is -0.119. The zero-order chi connectivity index (χ0) is 14.2. The van der Waals surface area contributed by atoms with Crippen molar-refractivity contribution >= 4 is 5.91 Å². The summed E-state index contributed by atoms with van der Waals surface area (Å²) in [7, 11) is 0. The van der Waals surface area contributed by atoms with Crippen LogP contribution in [0.2, 0.25) is 0 Å². The number of amides is 1. The molecule has 2 rings (SSSR count). The molecule has 0 aliphatic heterocycles. The van der Waals surface area contributed by atoms with Crippen LogP contribution in [0.4, 0.5) is 0 Å². The van der Waals surface area contributed by atoms with Crippen LogP contribution in [0.25, 0.3) is 0 Å². The van der Waals surface area contributed by atoms with Crippen molar-refractivity contribution in [1.82, 2.24) is 10.3 Å². The van der Waals surface area contributed by atoms with E-state index >= 15 is 0 Å². The lowest BCUT2D eigenvalue weighted by Gasteiger charge is -2.07. The molecule has 0 aliphatic rings. The number of carbonyl (C=O) groups excluding carboxylic acids is 1. The van der Waals surface area contributed by atoms with E-state index in [0.717, 1.165) is 24.3 Å². The van der Waals surface area contributed by atoms with Crippen LogP contribution in [0, 0.1) is 0 Å². The number of ether oxygens (including phenoxy) is 1. The quantitative estimate of drug-likeness (QED) is 0.794. The molecule has 0 unspecified atom stereocenters. The summed E-state index contributed by atoms with van der Waals surface area (Å²) >= 11 is 0.